The van der Waals surface area contributed by atoms with E-state index >= 15 is 0 Å². The lowest BCUT2D eigenvalue weighted by Crippen LogP contribution is -2.47. The highest BCUT2D eigenvalue weighted by atomic mass is 35.5. The van der Waals surface area contributed by atoms with Crippen LogP contribution in [-0.2, 0) is 10.5 Å². The van der Waals surface area contributed by atoms with Crippen LogP contribution in [0.25, 0.3) is 0 Å². The lowest BCUT2D eigenvalue weighted by Gasteiger charge is -2.36. The average molecular weight is 418 g/mol. The van der Waals surface area contributed by atoms with Crippen LogP contribution in [0, 0.1) is 0 Å². The van der Waals surface area contributed by atoms with Crippen molar-refractivity contribution >= 4 is 35.0 Å². The van der Waals surface area contributed by atoms with Crippen LogP contribution in [-0.4, -0.2) is 55.8 Å². The molecule has 0 aliphatic carbocycles. The third kappa shape index (κ3) is 7.04. The Morgan fingerprint density at radius 3 is 2.57 bits per heavy atom. The Morgan fingerprint density at radius 1 is 1.04 bits per heavy atom. The van der Waals surface area contributed by atoms with Crippen molar-refractivity contribution in [2.75, 3.05) is 49.9 Å². The molecule has 1 saturated heterocycles. The predicted octanol–water partition coefficient (Wildman–Crippen LogP) is 3.90. The number of nitrogens with zero attached hydrogens (tertiary/aromatic N) is 2. The molecule has 3 rings (SSSR count). The molecule has 0 saturated carbocycles. The van der Waals surface area contributed by atoms with Gasteiger partial charge in [0.05, 0.1) is 5.75 Å². The first-order chi connectivity index (χ1) is 13.7. The standard InChI is InChI=1S/C22H28ClN3OS/c23-20-7-4-6-19(16-20)17-28-18-22(27)24-10-5-11-25-12-14-26(15-13-25)21-8-2-1-3-9-21/h1-4,6-9,16H,5,10-15,17-18H2,(H,24,27). The summed E-state index contributed by atoms with van der Waals surface area (Å²) in [7, 11) is 0. The van der Waals surface area contributed by atoms with Crippen molar-refractivity contribution in [1.29, 1.82) is 0 Å². The molecule has 1 amide bonds. The summed E-state index contributed by atoms with van der Waals surface area (Å²) in [5, 5.41) is 3.77. The highest BCUT2D eigenvalue weighted by Crippen LogP contribution is 2.17. The van der Waals surface area contributed by atoms with Gasteiger partial charge in [-0.1, -0.05) is 41.9 Å². The summed E-state index contributed by atoms with van der Waals surface area (Å²) >= 11 is 7.60. The normalized spacial score (nSPS) is 14.8. The van der Waals surface area contributed by atoms with Crippen LogP contribution >= 0.6 is 23.4 Å². The quantitative estimate of drug-likeness (QED) is 0.627. The number of para-hydroxylation sites is 1. The van der Waals surface area contributed by atoms with Crippen molar-refractivity contribution in [3.63, 3.8) is 0 Å². The molecule has 0 bridgehead atoms. The summed E-state index contributed by atoms with van der Waals surface area (Å²) < 4.78 is 0. The summed E-state index contributed by atoms with van der Waals surface area (Å²) in [6, 6.07) is 18.4. The molecule has 0 atom stereocenters. The number of halogens is 1. The van der Waals surface area contributed by atoms with E-state index in [1.54, 1.807) is 11.8 Å². The Morgan fingerprint density at radius 2 is 1.82 bits per heavy atom. The van der Waals surface area contributed by atoms with Crippen molar-refractivity contribution in [2.45, 2.75) is 12.2 Å². The van der Waals surface area contributed by atoms with E-state index in [0.29, 0.717) is 5.75 Å². The molecule has 0 aromatic heterocycles. The maximum atomic E-state index is 12.0. The number of carbonyl (C=O) groups excluding carboxylic acids is 1. The molecule has 150 valence electrons. The number of nitrogens with one attached hydrogen (secondary N) is 1. The van der Waals surface area contributed by atoms with Gasteiger partial charge in [-0.05, 0) is 42.8 Å². The largest absolute Gasteiger partial charge is 0.369 e. The van der Waals surface area contributed by atoms with E-state index in [1.807, 2.05) is 24.3 Å². The minimum atomic E-state index is 0.112. The molecule has 1 heterocycles. The van der Waals surface area contributed by atoms with Gasteiger partial charge in [0.1, 0.15) is 0 Å². The second kappa shape index (κ2) is 11.3. The van der Waals surface area contributed by atoms with Crippen molar-refractivity contribution in [3.8, 4) is 0 Å². The topological polar surface area (TPSA) is 35.6 Å². The number of hydrogen-bond acceptors (Lipinski definition) is 4. The van der Waals surface area contributed by atoms with E-state index in [0.717, 1.165) is 62.0 Å². The first kappa shape index (κ1) is 21.0. The van der Waals surface area contributed by atoms with Crippen molar-refractivity contribution in [3.05, 3.63) is 65.2 Å². The molecule has 1 aliphatic heterocycles. The van der Waals surface area contributed by atoms with Crippen LogP contribution in [0.2, 0.25) is 5.02 Å². The van der Waals surface area contributed by atoms with Gasteiger partial charge in [0.15, 0.2) is 0 Å². The van der Waals surface area contributed by atoms with Gasteiger partial charge in [-0.25, -0.2) is 0 Å². The number of amides is 1. The Labute approximate surface area is 177 Å². The fourth-order valence-corrected chi connectivity index (χ4v) is 4.36. The Hall–Kier alpha value is -1.69. The van der Waals surface area contributed by atoms with E-state index in [4.69, 9.17) is 11.6 Å². The molecule has 28 heavy (non-hydrogen) atoms. The van der Waals surface area contributed by atoms with E-state index in [-0.39, 0.29) is 5.91 Å². The zero-order chi connectivity index (χ0) is 19.6. The first-order valence-electron chi connectivity index (χ1n) is 9.82. The van der Waals surface area contributed by atoms with Crippen LogP contribution in [0.1, 0.15) is 12.0 Å². The molecule has 1 N–H and O–H groups in total. The van der Waals surface area contributed by atoms with Crippen molar-refractivity contribution in [1.82, 2.24) is 10.2 Å². The lowest BCUT2D eigenvalue weighted by molar-refractivity contribution is -0.118. The molecule has 0 radical (unpaired) electrons. The van der Waals surface area contributed by atoms with Crippen LogP contribution in [0.3, 0.4) is 0 Å². The maximum absolute atomic E-state index is 12.0. The van der Waals surface area contributed by atoms with Gasteiger partial charge in [-0.3, -0.25) is 9.69 Å². The van der Waals surface area contributed by atoms with E-state index in [1.165, 1.54) is 5.69 Å². The molecular formula is C22H28ClN3OS. The Balaban J connectivity index is 1.23. The van der Waals surface area contributed by atoms with Crippen LogP contribution in [0.15, 0.2) is 54.6 Å². The SMILES string of the molecule is O=C(CSCc1cccc(Cl)c1)NCCCN1CCN(c2ccccc2)CC1. The molecule has 1 fully saturated rings. The second-order valence-electron chi connectivity index (χ2n) is 6.99. The lowest BCUT2D eigenvalue weighted by atomic mass is 10.2. The number of benzene rings is 2. The maximum Gasteiger partial charge on any atom is 0.230 e. The fourth-order valence-electron chi connectivity index (χ4n) is 3.34. The fraction of sp³-hybridized carbons (Fsp3) is 0.409. The number of anilines is 1. The Bertz CT molecular complexity index is 736. The summed E-state index contributed by atoms with van der Waals surface area (Å²) in [6.45, 7) is 6.08. The number of rotatable bonds is 9. The number of carbonyl (C=O) groups is 1. The van der Waals surface area contributed by atoms with Gasteiger partial charge in [0.2, 0.25) is 5.91 Å². The van der Waals surface area contributed by atoms with Gasteiger partial charge in [-0.15, -0.1) is 11.8 Å². The van der Waals surface area contributed by atoms with Gasteiger partial charge in [0, 0.05) is 49.2 Å². The predicted molar refractivity (Wildman–Crippen MR) is 120 cm³/mol. The minimum absolute atomic E-state index is 0.112. The molecule has 2 aromatic carbocycles. The van der Waals surface area contributed by atoms with Gasteiger partial charge in [0.25, 0.3) is 0 Å². The molecule has 0 spiro atoms. The van der Waals surface area contributed by atoms with Crippen LogP contribution in [0.4, 0.5) is 5.69 Å². The van der Waals surface area contributed by atoms with E-state index < -0.39 is 0 Å². The first-order valence-corrected chi connectivity index (χ1v) is 11.4. The van der Waals surface area contributed by atoms with Crippen LogP contribution in [0.5, 0.6) is 0 Å². The van der Waals surface area contributed by atoms with Crippen LogP contribution < -0.4 is 10.2 Å². The molecule has 6 heteroatoms. The van der Waals surface area contributed by atoms with Crippen molar-refractivity contribution in [2.24, 2.45) is 0 Å². The molecule has 1 aliphatic rings. The molecule has 2 aromatic rings. The summed E-state index contributed by atoms with van der Waals surface area (Å²) in [6.07, 6.45) is 0.996. The molecule has 4 nitrogen and oxygen atoms in total. The smallest absolute Gasteiger partial charge is 0.230 e. The number of hydrogen-bond donors (Lipinski definition) is 1. The third-order valence-electron chi connectivity index (χ3n) is 4.86. The third-order valence-corrected chi connectivity index (χ3v) is 6.10. The summed E-state index contributed by atoms with van der Waals surface area (Å²) in [5.74, 6) is 1.41. The Kier molecular flexibility index (Phi) is 8.52. The van der Waals surface area contributed by atoms with E-state index in [9.17, 15) is 4.79 Å². The van der Waals surface area contributed by atoms with Crippen molar-refractivity contribution < 1.29 is 4.79 Å². The van der Waals surface area contributed by atoms with E-state index in [2.05, 4.69) is 45.4 Å². The number of piperazine rings is 1. The van der Waals surface area contributed by atoms with Gasteiger partial charge >= 0.3 is 0 Å². The minimum Gasteiger partial charge on any atom is -0.369 e. The highest BCUT2D eigenvalue weighted by molar-refractivity contribution is 7.99. The second-order valence-corrected chi connectivity index (χ2v) is 8.41. The number of thioether (sulfide) groups is 1. The zero-order valence-corrected chi connectivity index (χ0v) is 17.7. The van der Waals surface area contributed by atoms with Gasteiger partial charge in [-0.2, -0.15) is 0 Å². The van der Waals surface area contributed by atoms with Gasteiger partial charge < -0.3 is 10.2 Å². The monoisotopic (exact) mass is 417 g/mol. The zero-order valence-electron chi connectivity index (χ0n) is 16.1. The molecular weight excluding hydrogens is 390 g/mol. The summed E-state index contributed by atoms with van der Waals surface area (Å²) in [4.78, 5) is 16.9. The highest BCUT2D eigenvalue weighted by Gasteiger charge is 2.16. The molecule has 0 unspecified atom stereocenters. The average Bonchev–Trinajstić information content (AvgIpc) is 2.72. The summed E-state index contributed by atoms with van der Waals surface area (Å²) in [5.41, 5.74) is 2.46.